The summed E-state index contributed by atoms with van der Waals surface area (Å²) in [5.74, 6) is 1.08. The maximum atomic E-state index is 3.67. The van der Waals surface area contributed by atoms with E-state index in [1.807, 2.05) is 6.92 Å². The molecule has 1 aliphatic carbocycles. The summed E-state index contributed by atoms with van der Waals surface area (Å²) in [6.07, 6.45) is 4.08. The van der Waals surface area contributed by atoms with Crippen LogP contribution in [-0.4, -0.2) is 0 Å². The van der Waals surface area contributed by atoms with E-state index >= 15 is 0 Å². The molecule has 0 amide bonds. The largest absolute Gasteiger partial charge is 0.100 e. The Morgan fingerprint density at radius 1 is 1.56 bits per heavy atom. The minimum absolute atomic E-state index is 1.08. The SMILES string of the molecule is C=C(C)CC.CC1CC1. The number of rotatable bonds is 1. The average Bonchev–Trinajstić information content (AvgIpc) is 2.53. The summed E-state index contributed by atoms with van der Waals surface area (Å²) < 4.78 is 0. The molecule has 1 aliphatic rings. The van der Waals surface area contributed by atoms with Crippen LogP contribution < -0.4 is 0 Å². The Kier molecular flexibility index (Phi) is 4.47. The van der Waals surface area contributed by atoms with Crippen molar-refractivity contribution in [1.82, 2.24) is 0 Å². The van der Waals surface area contributed by atoms with Crippen LogP contribution in [-0.2, 0) is 0 Å². The second-order valence-corrected chi connectivity index (χ2v) is 2.99. The zero-order valence-corrected chi connectivity index (χ0v) is 6.91. The third-order valence-electron chi connectivity index (χ3n) is 1.47. The van der Waals surface area contributed by atoms with Crippen LogP contribution in [0.1, 0.15) is 40.0 Å². The minimum atomic E-state index is 1.08. The van der Waals surface area contributed by atoms with Crippen LogP contribution in [0.4, 0.5) is 0 Å². The maximum Gasteiger partial charge on any atom is -0.0354 e. The summed E-state index contributed by atoms with van der Waals surface area (Å²) in [4.78, 5) is 0. The molecular weight excluding hydrogens is 108 g/mol. The van der Waals surface area contributed by atoms with E-state index in [0.29, 0.717) is 0 Å². The lowest BCUT2D eigenvalue weighted by molar-refractivity contribution is 0.983. The Morgan fingerprint density at radius 2 is 1.78 bits per heavy atom. The smallest absolute Gasteiger partial charge is 0.0354 e. The van der Waals surface area contributed by atoms with Gasteiger partial charge in [0.1, 0.15) is 0 Å². The van der Waals surface area contributed by atoms with Gasteiger partial charge in [0.25, 0.3) is 0 Å². The van der Waals surface area contributed by atoms with E-state index in [2.05, 4.69) is 20.4 Å². The van der Waals surface area contributed by atoms with Crippen molar-refractivity contribution >= 4 is 0 Å². The van der Waals surface area contributed by atoms with Crippen molar-refractivity contribution < 1.29 is 0 Å². The van der Waals surface area contributed by atoms with Crippen LogP contribution in [0, 0.1) is 5.92 Å². The van der Waals surface area contributed by atoms with Crippen LogP contribution in [0.5, 0.6) is 0 Å². The number of allylic oxidation sites excluding steroid dienone is 1. The second-order valence-electron chi connectivity index (χ2n) is 2.99. The summed E-state index contributed by atoms with van der Waals surface area (Å²) in [6.45, 7) is 10.1. The molecule has 0 saturated heterocycles. The molecule has 1 rings (SSSR count). The van der Waals surface area contributed by atoms with Gasteiger partial charge in [-0.1, -0.05) is 32.3 Å². The van der Waals surface area contributed by atoms with Gasteiger partial charge in [-0.25, -0.2) is 0 Å². The van der Waals surface area contributed by atoms with Gasteiger partial charge in [0.05, 0.1) is 0 Å². The molecule has 0 aromatic heterocycles. The Bertz CT molecular complexity index is 78.0. The van der Waals surface area contributed by atoms with Crippen LogP contribution in [0.2, 0.25) is 0 Å². The fourth-order valence-corrected chi connectivity index (χ4v) is 0.167. The third kappa shape index (κ3) is 11.4. The third-order valence-corrected chi connectivity index (χ3v) is 1.47. The first-order valence-electron chi connectivity index (χ1n) is 3.81. The molecule has 0 heteroatoms. The quantitative estimate of drug-likeness (QED) is 0.472. The van der Waals surface area contributed by atoms with Gasteiger partial charge in [-0.15, -0.1) is 6.58 Å². The molecule has 0 atom stereocenters. The van der Waals surface area contributed by atoms with Gasteiger partial charge in [-0.05, 0) is 19.3 Å². The highest BCUT2D eigenvalue weighted by atomic mass is 14.2. The number of hydrogen-bond acceptors (Lipinski definition) is 0. The minimum Gasteiger partial charge on any atom is -0.100 e. The predicted molar refractivity (Wildman–Crippen MR) is 43.5 cm³/mol. The monoisotopic (exact) mass is 126 g/mol. The number of hydrogen-bond donors (Lipinski definition) is 0. The summed E-state index contributed by atoms with van der Waals surface area (Å²) in [5.41, 5.74) is 1.25. The van der Waals surface area contributed by atoms with E-state index in [-0.39, 0.29) is 0 Å². The summed E-state index contributed by atoms with van der Waals surface area (Å²) in [6, 6.07) is 0. The van der Waals surface area contributed by atoms with Gasteiger partial charge in [-0.3, -0.25) is 0 Å². The molecule has 0 spiro atoms. The van der Waals surface area contributed by atoms with Gasteiger partial charge in [0.2, 0.25) is 0 Å². The first-order valence-corrected chi connectivity index (χ1v) is 3.81. The van der Waals surface area contributed by atoms with E-state index < -0.39 is 0 Å². The molecule has 0 aromatic rings. The van der Waals surface area contributed by atoms with E-state index in [1.54, 1.807) is 0 Å². The van der Waals surface area contributed by atoms with Crippen LogP contribution in [0.3, 0.4) is 0 Å². The Balaban J connectivity index is 0.000000144. The standard InChI is InChI=1S/C5H10.C4H8/c1-4-5(2)3;1-4-2-3-4/h2,4H2,1,3H3;4H,2-3H2,1H3. The molecule has 0 N–H and O–H groups in total. The Morgan fingerprint density at radius 3 is 1.78 bits per heavy atom. The average molecular weight is 126 g/mol. The zero-order valence-electron chi connectivity index (χ0n) is 6.91. The fraction of sp³-hybridized carbons (Fsp3) is 0.778. The van der Waals surface area contributed by atoms with Gasteiger partial charge in [0.15, 0.2) is 0 Å². The Labute approximate surface area is 59.0 Å². The maximum absolute atomic E-state index is 3.67. The van der Waals surface area contributed by atoms with Gasteiger partial charge in [0, 0.05) is 0 Å². The molecule has 54 valence electrons. The van der Waals surface area contributed by atoms with E-state index in [4.69, 9.17) is 0 Å². The van der Waals surface area contributed by atoms with Crippen LogP contribution >= 0.6 is 0 Å². The van der Waals surface area contributed by atoms with Crippen LogP contribution in [0.15, 0.2) is 12.2 Å². The summed E-state index contributed by atoms with van der Waals surface area (Å²) in [7, 11) is 0. The van der Waals surface area contributed by atoms with Crippen molar-refractivity contribution in [3.05, 3.63) is 12.2 Å². The molecular formula is C9H18. The van der Waals surface area contributed by atoms with E-state index in [0.717, 1.165) is 12.3 Å². The Hall–Kier alpha value is -0.260. The molecule has 0 heterocycles. The molecule has 1 saturated carbocycles. The zero-order chi connectivity index (χ0) is 7.28. The first-order chi connectivity index (χ1) is 4.16. The van der Waals surface area contributed by atoms with Crippen molar-refractivity contribution in [1.29, 1.82) is 0 Å². The van der Waals surface area contributed by atoms with E-state index in [1.165, 1.54) is 18.4 Å². The predicted octanol–water partition coefficient (Wildman–Crippen LogP) is 3.39. The lowest BCUT2D eigenvalue weighted by atomic mass is 10.3. The molecule has 0 bridgehead atoms. The van der Waals surface area contributed by atoms with Crippen LogP contribution in [0.25, 0.3) is 0 Å². The van der Waals surface area contributed by atoms with E-state index in [9.17, 15) is 0 Å². The lowest BCUT2D eigenvalue weighted by Crippen LogP contribution is -1.58. The van der Waals surface area contributed by atoms with Crippen molar-refractivity contribution in [2.75, 3.05) is 0 Å². The summed E-state index contributed by atoms with van der Waals surface area (Å²) >= 11 is 0. The van der Waals surface area contributed by atoms with Crippen molar-refractivity contribution in [2.24, 2.45) is 5.92 Å². The highest BCUT2D eigenvalue weighted by molar-refractivity contribution is 4.84. The van der Waals surface area contributed by atoms with Crippen molar-refractivity contribution in [2.45, 2.75) is 40.0 Å². The molecule has 0 nitrogen and oxygen atoms in total. The van der Waals surface area contributed by atoms with Gasteiger partial charge in [-0.2, -0.15) is 0 Å². The molecule has 0 aromatic carbocycles. The first kappa shape index (κ1) is 8.74. The topological polar surface area (TPSA) is 0 Å². The normalized spacial score (nSPS) is 15.9. The molecule has 9 heavy (non-hydrogen) atoms. The second kappa shape index (κ2) is 4.60. The fourth-order valence-electron chi connectivity index (χ4n) is 0.167. The van der Waals surface area contributed by atoms with Crippen molar-refractivity contribution in [3.63, 3.8) is 0 Å². The molecule has 0 radical (unpaired) electrons. The molecule has 0 unspecified atom stereocenters. The molecule has 1 fully saturated rings. The summed E-state index contributed by atoms with van der Waals surface area (Å²) in [5, 5.41) is 0. The highest BCUT2D eigenvalue weighted by Gasteiger charge is 2.12. The highest BCUT2D eigenvalue weighted by Crippen LogP contribution is 2.26. The lowest BCUT2D eigenvalue weighted by Gasteiger charge is -1.79. The van der Waals surface area contributed by atoms with Gasteiger partial charge >= 0.3 is 0 Å². The van der Waals surface area contributed by atoms with Crippen molar-refractivity contribution in [3.8, 4) is 0 Å². The molecule has 0 aliphatic heterocycles. The van der Waals surface area contributed by atoms with Gasteiger partial charge < -0.3 is 0 Å².